The van der Waals surface area contributed by atoms with Gasteiger partial charge in [0, 0.05) is 18.8 Å². The van der Waals surface area contributed by atoms with Crippen LogP contribution in [0.25, 0.3) is 0 Å². The molecule has 1 aliphatic rings. The molecule has 0 unspecified atom stereocenters. The van der Waals surface area contributed by atoms with E-state index in [0.29, 0.717) is 31.2 Å². The zero-order valence-corrected chi connectivity index (χ0v) is 11.5. The maximum Gasteiger partial charge on any atom is 0.416 e. The fourth-order valence-electron chi connectivity index (χ4n) is 2.32. The number of hydrogen-bond acceptors (Lipinski definition) is 2. The summed E-state index contributed by atoms with van der Waals surface area (Å²) in [4.78, 5) is 13.7. The molecule has 1 aliphatic heterocycles. The molecule has 1 fully saturated rings. The molecule has 0 atom stereocenters. The molecule has 1 aromatic carbocycles. The number of likely N-dealkylation sites (tertiary alicyclic amines) is 1. The van der Waals surface area contributed by atoms with E-state index >= 15 is 0 Å². The van der Waals surface area contributed by atoms with E-state index in [4.69, 9.17) is 5.73 Å². The van der Waals surface area contributed by atoms with Crippen molar-refractivity contribution in [2.45, 2.75) is 19.0 Å². The minimum Gasteiger partial charge on any atom is -0.330 e. The molecule has 2 rings (SSSR count). The molecule has 0 spiro atoms. The summed E-state index contributed by atoms with van der Waals surface area (Å²) in [6.45, 7) is 1.86. The highest BCUT2D eigenvalue weighted by atomic mass is 19.4. The van der Waals surface area contributed by atoms with Crippen LogP contribution < -0.4 is 11.1 Å². The lowest BCUT2D eigenvalue weighted by Crippen LogP contribution is -2.42. The van der Waals surface area contributed by atoms with Gasteiger partial charge in [-0.05, 0) is 49.6 Å². The Morgan fingerprint density at radius 3 is 2.29 bits per heavy atom. The first kappa shape index (κ1) is 15.6. The van der Waals surface area contributed by atoms with Crippen molar-refractivity contribution in [1.82, 2.24) is 4.90 Å². The van der Waals surface area contributed by atoms with Gasteiger partial charge in [0.25, 0.3) is 0 Å². The second-order valence-corrected chi connectivity index (χ2v) is 5.17. The van der Waals surface area contributed by atoms with Gasteiger partial charge in [0.05, 0.1) is 5.56 Å². The van der Waals surface area contributed by atoms with Crippen molar-refractivity contribution in [2.75, 3.05) is 25.0 Å². The highest BCUT2D eigenvalue weighted by Gasteiger charge is 2.30. The third-order valence-electron chi connectivity index (χ3n) is 3.70. The number of carbonyl (C=O) groups excluding carboxylic acids is 1. The number of piperidine rings is 1. The molecule has 21 heavy (non-hydrogen) atoms. The van der Waals surface area contributed by atoms with Crippen molar-refractivity contribution in [3.8, 4) is 0 Å². The van der Waals surface area contributed by atoms with Crippen LogP contribution in [0, 0.1) is 5.92 Å². The Bertz CT molecular complexity index is 479. The van der Waals surface area contributed by atoms with E-state index < -0.39 is 11.7 Å². The zero-order valence-electron chi connectivity index (χ0n) is 11.5. The number of urea groups is 1. The number of amides is 2. The maximum absolute atomic E-state index is 12.4. The fraction of sp³-hybridized carbons (Fsp3) is 0.500. The van der Waals surface area contributed by atoms with Gasteiger partial charge in [-0.15, -0.1) is 0 Å². The van der Waals surface area contributed by atoms with Gasteiger partial charge in [0.2, 0.25) is 0 Å². The predicted molar refractivity (Wildman–Crippen MR) is 73.8 cm³/mol. The molecule has 3 N–H and O–H groups in total. The van der Waals surface area contributed by atoms with Gasteiger partial charge >= 0.3 is 12.2 Å². The van der Waals surface area contributed by atoms with E-state index in [-0.39, 0.29) is 6.03 Å². The summed E-state index contributed by atoms with van der Waals surface area (Å²) in [5.74, 6) is 0.445. The molecule has 0 aromatic heterocycles. The average molecular weight is 301 g/mol. The number of benzene rings is 1. The van der Waals surface area contributed by atoms with E-state index in [9.17, 15) is 18.0 Å². The van der Waals surface area contributed by atoms with Gasteiger partial charge in [0.15, 0.2) is 0 Å². The van der Waals surface area contributed by atoms with E-state index in [2.05, 4.69) is 5.32 Å². The van der Waals surface area contributed by atoms with Gasteiger partial charge in [-0.25, -0.2) is 4.79 Å². The second kappa shape index (κ2) is 6.34. The molecule has 4 nitrogen and oxygen atoms in total. The molecule has 7 heteroatoms. The summed E-state index contributed by atoms with van der Waals surface area (Å²) >= 11 is 0. The van der Waals surface area contributed by atoms with Gasteiger partial charge in [-0.2, -0.15) is 13.2 Å². The molecule has 0 bridgehead atoms. The van der Waals surface area contributed by atoms with Crippen LogP contribution in [0.1, 0.15) is 18.4 Å². The lowest BCUT2D eigenvalue weighted by atomic mass is 9.97. The summed E-state index contributed by atoms with van der Waals surface area (Å²) in [6, 6.07) is 4.14. The third-order valence-corrected chi connectivity index (χ3v) is 3.70. The number of alkyl halides is 3. The van der Waals surface area contributed by atoms with Crippen LogP contribution in [-0.4, -0.2) is 30.6 Å². The van der Waals surface area contributed by atoms with E-state index in [0.717, 1.165) is 25.0 Å². The van der Waals surface area contributed by atoms with Gasteiger partial charge < -0.3 is 16.0 Å². The number of nitrogens with zero attached hydrogens (tertiary/aromatic N) is 1. The number of rotatable bonds is 2. The highest BCUT2D eigenvalue weighted by Crippen LogP contribution is 2.29. The topological polar surface area (TPSA) is 58.4 Å². The SMILES string of the molecule is NCC1CCN(C(=O)Nc2ccc(C(F)(F)F)cc2)CC1. The monoisotopic (exact) mass is 301 g/mol. The summed E-state index contributed by atoms with van der Waals surface area (Å²) in [7, 11) is 0. The molecule has 0 saturated carbocycles. The summed E-state index contributed by atoms with van der Waals surface area (Å²) in [5.41, 5.74) is 5.21. The quantitative estimate of drug-likeness (QED) is 0.882. The Morgan fingerprint density at radius 2 is 1.81 bits per heavy atom. The van der Waals surface area contributed by atoms with Crippen molar-refractivity contribution in [3.63, 3.8) is 0 Å². The smallest absolute Gasteiger partial charge is 0.330 e. The minimum absolute atomic E-state index is 0.287. The van der Waals surface area contributed by atoms with Crippen molar-refractivity contribution in [2.24, 2.45) is 11.7 Å². The Labute approximate surface area is 121 Å². The molecular weight excluding hydrogens is 283 g/mol. The lowest BCUT2D eigenvalue weighted by Gasteiger charge is -2.31. The number of anilines is 1. The number of hydrogen-bond donors (Lipinski definition) is 2. The number of nitrogens with two attached hydrogens (primary N) is 1. The number of carbonyl (C=O) groups is 1. The van der Waals surface area contributed by atoms with Gasteiger partial charge in [-0.1, -0.05) is 0 Å². The molecule has 1 aromatic rings. The van der Waals surface area contributed by atoms with Crippen LogP contribution in [0.15, 0.2) is 24.3 Å². The first-order valence-electron chi connectivity index (χ1n) is 6.83. The number of nitrogens with one attached hydrogen (secondary N) is 1. The first-order chi connectivity index (χ1) is 9.90. The Balaban J connectivity index is 1.91. The van der Waals surface area contributed by atoms with Crippen LogP contribution in [0.4, 0.5) is 23.7 Å². The van der Waals surface area contributed by atoms with Crippen molar-refractivity contribution < 1.29 is 18.0 Å². The lowest BCUT2D eigenvalue weighted by molar-refractivity contribution is -0.137. The van der Waals surface area contributed by atoms with Crippen LogP contribution in [-0.2, 0) is 6.18 Å². The minimum atomic E-state index is -4.37. The van der Waals surface area contributed by atoms with Crippen LogP contribution >= 0.6 is 0 Å². The standard InChI is InChI=1S/C14H18F3N3O/c15-14(16,17)11-1-3-12(4-2-11)19-13(21)20-7-5-10(9-18)6-8-20/h1-4,10H,5-9,18H2,(H,19,21). The fourth-order valence-corrected chi connectivity index (χ4v) is 2.32. The summed E-state index contributed by atoms with van der Waals surface area (Å²) in [5, 5.41) is 2.61. The van der Waals surface area contributed by atoms with E-state index in [1.807, 2.05) is 0 Å². The predicted octanol–water partition coefficient (Wildman–Crippen LogP) is 2.91. The van der Waals surface area contributed by atoms with Gasteiger partial charge in [-0.3, -0.25) is 0 Å². The maximum atomic E-state index is 12.4. The Morgan fingerprint density at radius 1 is 1.24 bits per heavy atom. The molecule has 0 aliphatic carbocycles. The highest BCUT2D eigenvalue weighted by molar-refractivity contribution is 5.89. The van der Waals surface area contributed by atoms with E-state index in [1.54, 1.807) is 4.90 Å². The van der Waals surface area contributed by atoms with Crippen LogP contribution in [0.3, 0.4) is 0 Å². The molecule has 0 radical (unpaired) electrons. The second-order valence-electron chi connectivity index (χ2n) is 5.17. The van der Waals surface area contributed by atoms with Crippen LogP contribution in [0.2, 0.25) is 0 Å². The summed E-state index contributed by atoms with van der Waals surface area (Å²) < 4.78 is 37.3. The average Bonchev–Trinajstić information content (AvgIpc) is 2.47. The molecular formula is C14H18F3N3O. The third kappa shape index (κ3) is 4.10. The van der Waals surface area contributed by atoms with Crippen molar-refractivity contribution in [3.05, 3.63) is 29.8 Å². The molecule has 1 saturated heterocycles. The molecule has 116 valence electrons. The summed E-state index contributed by atoms with van der Waals surface area (Å²) in [6.07, 6.45) is -2.65. The molecule has 1 heterocycles. The van der Waals surface area contributed by atoms with E-state index in [1.165, 1.54) is 12.1 Å². The Hall–Kier alpha value is -1.76. The van der Waals surface area contributed by atoms with Gasteiger partial charge in [0.1, 0.15) is 0 Å². The molecule has 2 amide bonds. The van der Waals surface area contributed by atoms with Crippen LogP contribution in [0.5, 0.6) is 0 Å². The number of halogens is 3. The van der Waals surface area contributed by atoms with Crippen molar-refractivity contribution >= 4 is 11.7 Å². The largest absolute Gasteiger partial charge is 0.416 e. The van der Waals surface area contributed by atoms with Crippen molar-refractivity contribution in [1.29, 1.82) is 0 Å². The normalized spacial score (nSPS) is 16.9. The first-order valence-corrected chi connectivity index (χ1v) is 6.83. The Kier molecular flexibility index (Phi) is 4.72. The zero-order chi connectivity index (χ0) is 15.5.